The van der Waals surface area contributed by atoms with Crippen molar-refractivity contribution in [3.63, 3.8) is 0 Å². The zero-order valence-electron chi connectivity index (χ0n) is 18.4. The first-order valence-electron chi connectivity index (χ1n) is 9.89. The number of pyridine rings is 1. The minimum atomic E-state index is -4.33. The van der Waals surface area contributed by atoms with Crippen LogP contribution in [0.4, 0.5) is 24.5 Å². The third kappa shape index (κ3) is 5.36. The molecule has 33 heavy (non-hydrogen) atoms. The van der Waals surface area contributed by atoms with E-state index in [-0.39, 0.29) is 11.4 Å². The Morgan fingerprint density at radius 1 is 1.18 bits per heavy atom. The van der Waals surface area contributed by atoms with E-state index in [2.05, 4.69) is 15.6 Å². The van der Waals surface area contributed by atoms with E-state index >= 15 is 0 Å². The van der Waals surface area contributed by atoms with Crippen LogP contribution >= 0.6 is 0 Å². The van der Waals surface area contributed by atoms with Gasteiger partial charge in [-0.1, -0.05) is 0 Å². The maximum atomic E-state index is 12.9. The lowest BCUT2D eigenvalue weighted by Crippen LogP contribution is -2.23. The number of anilines is 2. The van der Waals surface area contributed by atoms with Gasteiger partial charge in [0.2, 0.25) is 0 Å². The molecule has 0 aliphatic carbocycles. The molecule has 1 amide bonds. The van der Waals surface area contributed by atoms with Crippen molar-refractivity contribution in [1.29, 1.82) is 0 Å². The summed E-state index contributed by atoms with van der Waals surface area (Å²) < 4.78 is 49.5. The summed E-state index contributed by atoms with van der Waals surface area (Å²) in [6.45, 7) is 1.40. The Labute approximate surface area is 187 Å². The van der Waals surface area contributed by atoms with E-state index in [1.807, 2.05) is 0 Å². The Morgan fingerprint density at radius 2 is 1.85 bits per heavy atom. The van der Waals surface area contributed by atoms with E-state index in [9.17, 15) is 22.8 Å². The summed E-state index contributed by atoms with van der Waals surface area (Å²) in [5.41, 5.74) is 1.14. The average Bonchev–Trinajstić information content (AvgIpc) is 3.02. The number of carbonyl (C=O) groups excluding carboxylic acids is 2. The van der Waals surface area contributed by atoms with Crippen molar-refractivity contribution < 1.29 is 32.2 Å². The van der Waals surface area contributed by atoms with Gasteiger partial charge in [0, 0.05) is 24.0 Å². The van der Waals surface area contributed by atoms with Crippen LogP contribution in [0.3, 0.4) is 0 Å². The highest BCUT2D eigenvalue weighted by molar-refractivity contribution is 6.14. The summed E-state index contributed by atoms with van der Waals surface area (Å²) in [5, 5.41) is 5.83. The summed E-state index contributed by atoms with van der Waals surface area (Å²) in [7, 11) is 4.28. The number of nitrogens with one attached hydrogen (secondary N) is 2. The van der Waals surface area contributed by atoms with Crippen molar-refractivity contribution in [2.45, 2.75) is 25.6 Å². The second-order valence-electron chi connectivity index (χ2n) is 7.42. The summed E-state index contributed by atoms with van der Waals surface area (Å²) in [5.74, 6) is -0.639. The SMILES string of the molecule is COC(=O)c1c(NC(=O)c2ccc(OC)cc2)c2cc(N[C@@H](C)CC(F)(F)F)cnc2n1C. The molecule has 0 fully saturated rings. The zero-order valence-corrected chi connectivity index (χ0v) is 18.4. The number of esters is 1. The summed E-state index contributed by atoms with van der Waals surface area (Å²) in [4.78, 5) is 29.6. The lowest BCUT2D eigenvalue weighted by Gasteiger charge is -2.17. The standard InChI is InChI=1S/C22H23F3N4O4/c1-12(10-22(23,24)25)27-14-9-16-17(18(21(31)33-4)29(2)19(16)26-11-14)28-20(30)13-5-7-15(32-3)8-6-13/h5-9,11-12,27H,10H2,1-4H3,(H,28,30)/t12-/m0/s1. The van der Waals surface area contributed by atoms with Crippen LogP contribution < -0.4 is 15.4 Å². The molecule has 8 nitrogen and oxygen atoms in total. The molecule has 2 heterocycles. The molecule has 1 aromatic carbocycles. The monoisotopic (exact) mass is 464 g/mol. The van der Waals surface area contributed by atoms with E-state index in [1.165, 1.54) is 38.0 Å². The van der Waals surface area contributed by atoms with Crippen LogP contribution in [-0.4, -0.2) is 47.9 Å². The number of nitrogens with zero attached hydrogens (tertiary/aromatic N) is 2. The van der Waals surface area contributed by atoms with Crippen molar-refractivity contribution >= 4 is 34.3 Å². The molecular weight excluding hydrogens is 441 g/mol. The molecule has 3 aromatic rings. The lowest BCUT2D eigenvalue weighted by molar-refractivity contribution is -0.136. The summed E-state index contributed by atoms with van der Waals surface area (Å²) in [6.07, 6.45) is -3.99. The van der Waals surface area contributed by atoms with Gasteiger partial charge in [0.05, 0.1) is 38.2 Å². The number of rotatable bonds is 7. The van der Waals surface area contributed by atoms with Crippen LogP contribution in [0.1, 0.15) is 34.2 Å². The fourth-order valence-electron chi connectivity index (χ4n) is 3.46. The molecular formula is C22H23F3N4O4. The number of carbonyl (C=O) groups is 2. The van der Waals surface area contributed by atoms with Gasteiger partial charge in [-0.3, -0.25) is 4.79 Å². The number of alkyl halides is 3. The highest BCUT2D eigenvalue weighted by atomic mass is 19.4. The Morgan fingerprint density at radius 3 is 2.42 bits per heavy atom. The maximum Gasteiger partial charge on any atom is 0.391 e. The molecule has 0 bridgehead atoms. The van der Waals surface area contributed by atoms with Gasteiger partial charge in [-0.25, -0.2) is 9.78 Å². The molecule has 0 unspecified atom stereocenters. The van der Waals surface area contributed by atoms with E-state index < -0.39 is 30.5 Å². The number of aryl methyl sites for hydroxylation is 1. The number of hydrogen-bond acceptors (Lipinski definition) is 6. The molecule has 0 aliphatic heterocycles. The van der Waals surface area contributed by atoms with Gasteiger partial charge in [0.15, 0.2) is 5.69 Å². The summed E-state index contributed by atoms with van der Waals surface area (Å²) >= 11 is 0. The number of hydrogen-bond donors (Lipinski definition) is 2. The molecule has 0 aliphatic rings. The average molecular weight is 464 g/mol. The van der Waals surface area contributed by atoms with Crippen molar-refractivity contribution in [2.24, 2.45) is 7.05 Å². The lowest BCUT2D eigenvalue weighted by atomic mass is 10.1. The van der Waals surface area contributed by atoms with Crippen LogP contribution in [0.5, 0.6) is 5.75 Å². The largest absolute Gasteiger partial charge is 0.497 e. The first-order chi connectivity index (χ1) is 15.5. The van der Waals surface area contributed by atoms with Gasteiger partial charge in [-0.05, 0) is 37.3 Å². The van der Waals surface area contributed by atoms with Gasteiger partial charge in [-0.15, -0.1) is 0 Å². The molecule has 176 valence electrons. The van der Waals surface area contributed by atoms with Crippen molar-refractivity contribution in [3.05, 3.63) is 47.8 Å². The van der Waals surface area contributed by atoms with Crippen LogP contribution in [0.2, 0.25) is 0 Å². The van der Waals surface area contributed by atoms with E-state index in [4.69, 9.17) is 9.47 Å². The molecule has 0 saturated carbocycles. The first kappa shape index (κ1) is 23.9. The Hall–Kier alpha value is -3.76. The maximum absolute atomic E-state index is 12.9. The fourth-order valence-corrected chi connectivity index (χ4v) is 3.46. The molecule has 2 N–H and O–H groups in total. The topological polar surface area (TPSA) is 94.5 Å². The van der Waals surface area contributed by atoms with Crippen molar-refractivity contribution in [2.75, 3.05) is 24.9 Å². The first-order valence-corrected chi connectivity index (χ1v) is 9.89. The number of ether oxygens (including phenoxy) is 2. The van der Waals surface area contributed by atoms with E-state index in [1.54, 1.807) is 31.3 Å². The predicted molar refractivity (Wildman–Crippen MR) is 117 cm³/mol. The Balaban J connectivity index is 2.02. The number of aromatic nitrogens is 2. The quantitative estimate of drug-likeness (QED) is 0.504. The molecule has 1 atom stereocenters. The molecule has 3 rings (SSSR count). The van der Waals surface area contributed by atoms with Crippen LogP contribution in [0.25, 0.3) is 11.0 Å². The summed E-state index contributed by atoms with van der Waals surface area (Å²) in [6, 6.07) is 6.97. The highest BCUT2D eigenvalue weighted by Gasteiger charge is 2.30. The van der Waals surface area contributed by atoms with Gasteiger partial charge in [0.25, 0.3) is 5.91 Å². The van der Waals surface area contributed by atoms with Crippen LogP contribution in [0.15, 0.2) is 36.5 Å². The zero-order chi connectivity index (χ0) is 24.3. The van der Waals surface area contributed by atoms with Gasteiger partial charge in [-0.2, -0.15) is 13.2 Å². The number of amides is 1. The van der Waals surface area contributed by atoms with Gasteiger partial charge < -0.3 is 24.7 Å². The minimum Gasteiger partial charge on any atom is -0.497 e. The minimum absolute atomic E-state index is 0.0438. The molecule has 0 radical (unpaired) electrons. The third-order valence-corrected chi connectivity index (χ3v) is 4.95. The van der Waals surface area contributed by atoms with Gasteiger partial charge >= 0.3 is 12.1 Å². The van der Waals surface area contributed by atoms with E-state index in [0.29, 0.717) is 28.0 Å². The second-order valence-corrected chi connectivity index (χ2v) is 7.42. The van der Waals surface area contributed by atoms with Crippen LogP contribution in [-0.2, 0) is 11.8 Å². The highest BCUT2D eigenvalue weighted by Crippen LogP contribution is 2.33. The number of halogens is 3. The van der Waals surface area contributed by atoms with Gasteiger partial charge in [0.1, 0.15) is 11.4 Å². The molecule has 11 heteroatoms. The fraction of sp³-hybridized carbons (Fsp3) is 0.318. The van der Waals surface area contributed by atoms with E-state index in [0.717, 1.165) is 0 Å². The molecule has 0 spiro atoms. The molecule has 0 saturated heterocycles. The van der Waals surface area contributed by atoms with Crippen molar-refractivity contribution in [1.82, 2.24) is 9.55 Å². The van der Waals surface area contributed by atoms with Crippen LogP contribution in [0, 0.1) is 0 Å². The number of benzene rings is 1. The van der Waals surface area contributed by atoms with Crippen molar-refractivity contribution in [3.8, 4) is 5.75 Å². The Bertz CT molecular complexity index is 1170. The second kappa shape index (κ2) is 9.39. The normalized spacial score (nSPS) is 12.3. The number of fused-ring (bicyclic) bond motifs is 1. The Kier molecular flexibility index (Phi) is 6.80. The third-order valence-electron chi connectivity index (χ3n) is 4.95. The molecule has 2 aromatic heterocycles. The predicted octanol–water partition coefficient (Wildman–Crippen LogP) is 4.37. The smallest absolute Gasteiger partial charge is 0.391 e. The number of methoxy groups -OCH3 is 2.